The van der Waals surface area contributed by atoms with Gasteiger partial charge in [0.2, 0.25) is 0 Å². The number of rotatable bonds is 3. The molecule has 0 bridgehead atoms. The van der Waals surface area contributed by atoms with Crippen molar-refractivity contribution in [1.82, 2.24) is 5.32 Å². The Balaban J connectivity index is 2.72. The molecule has 7 heteroatoms. The summed E-state index contributed by atoms with van der Waals surface area (Å²) in [7, 11) is 0. The van der Waals surface area contributed by atoms with Crippen LogP contribution < -0.4 is 15.8 Å². The highest BCUT2D eigenvalue weighted by molar-refractivity contribution is 7.85. The molecule has 0 aliphatic rings. The van der Waals surface area contributed by atoms with E-state index in [1.54, 1.807) is 36.4 Å². The average Bonchev–Trinajstić information content (AvgIpc) is 2.30. The van der Waals surface area contributed by atoms with Crippen LogP contribution in [-0.2, 0) is 0 Å². The number of nitrogens with zero attached hydrogens (tertiary/aromatic N) is 1. The maximum atomic E-state index is 11.5. The summed E-state index contributed by atoms with van der Waals surface area (Å²) in [6, 6.07) is 10.2. The third-order valence-corrected chi connectivity index (χ3v) is 2.31. The number of carbonyl (C=O) groups is 1. The van der Waals surface area contributed by atoms with Crippen LogP contribution in [0.4, 0.5) is 4.79 Å². The number of thiocarbonyl (C=S) groups is 1. The van der Waals surface area contributed by atoms with Gasteiger partial charge in [-0.3, -0.25) is 5.32 Å². The van der Waals surface area contributed by atoms with Gasteiger partial charge in [0, 0.05) is 0 Å². The minimum absolute atomic E-state index is 0.0501. The summed E-state index contributed by atoms with van der Waals surface area (Å²) in [5.74, 6) is 0.366. The van der Waals surface area contributed by atoms with E-state index >= 15 is 0 Å². The Morgan fingerprint density at radius 1 is 1.44 bits per heavy atom. The molecule has 0 aliphatic heterocycles. The summed E-state index contributed by atoms with van der Waals surface area (Å²) in [4.78, 5) is 11.3. The first-order valence-electron chi connectivity index (χ1n) is 4.71. The number of thiol groups is 1. The SMILES string of the molecule is N#CC(C(N)=S)=C(S)NC(=O)Oc1ccccc1. The Morgan fingerprint density at radius 2 is 2.06 bits per heavy atom. The lowest BCUT2D eigenvalue weighted by molar-refractivity contribution is 0.204. The maximum Gasteiger partial charge on any atom is 0.417 e. The Hall–Kier alpha value is -2.04. The van der Waals surface area contributed by atoms with Gasteiger partial charge in [-0.05, 0) is 12.1 Å². The van der Waals surface area contributed by atoms with Gasteiger partial charge in [-0.15, -0.1) is 12.6 Å². The molecule has 0 spiro atoms. The number of hydrogen-bond acceptors (Lipinski definition) is 5. The Bertz CT molecular complexity index is 535. The van der Waals surface area contributed by atoms with Crippen molar-refractivity contribution in [2.45, 2.75) is 0 Å². The molecule has 0 aromatic heterocycles. The molecule has 0 saturated carbocycles. The zero-order chi connectivity index (χ0) is 13.5. The van der Waals surface area contributed by atoms with E-state index in [0.717, 1.165) is 0 Å². The van der Waals surface area contributed by atoms with Crippen LogP contribution in [0.5, 0.6) is 5.75 Å². The fourth-order valence-electron chi connectivity index (χ4n) is 1.01. The van der Waals surface area contributed by atoms with Gasteiger partial charge in [0.1, 0.15) is 22.4 Å². The number of ether oxygens (including phenoxy) is 1. The number of carbonyl (C=O) groups excluding carboxylic acids is 1. The van der Waals surface area contributed by atoms with Crippen molar-refractivity contribution in [3.63, 3.8) is 0 Å². The van der Waals surface area contributed by atoms with E-state index in [0.29, 0.717) is 5.75 Å². The molecule has 0 unspecified atom stereocenters. The van der Waals surface area contributed by atoms with Crippen molar-refractivity contribution in [3.8, 4) is 11.8 Å². The monoisotopic (exact) mass is 279 g/mol. The molecule has 0 saturated heterocycles. The first-order chi connectivity index (χ1) is 8.54. The second-order valence-electron chi connectivity index (χ2n) is 3.03. The van der Waals surface area contributed by atoms with Crippen LogP contribution >= 0.6 is 24.8 Å². The van der Waals surface area contributed by atoms with Gasteiger partial charge in [-0.25, -0.2) is 4.79 Å². The quantitative estimate of drug-likeness (QED) is 0.339. The fourth-order valence-corrected chi connectivity index (χ4v) is 1.49. The molecule has 3 N–H and O–H groups in total. The Labute approximate surface area is 115 Å². The molecule has 1 rings (SSSR count). The molecular formula is C11H9N3O2S2. The zero-order valence-electron chi connectivity index (χ0n) is 9.08. The summed E-state index contributed by atoms with van der Waals surface area (Å²) in [6.45, 7) is 0. The summed E-state index contributed by atoms with van der Waals surface area (Å²) in [5, 5.41) is 11.0. The highest BCUT2D eigenvalue weighted by atomic mass is 32.1. The van der Waals surface area contributed by atoms with Gasteiger partial charge in [-0.2, -0.15) is 5.26 Å². The van der Waals surface area contributed by atoms with Crippen LogP contribution in [0.3, 0.4) is 0 Å². The number of hydrogen-bond donors (Lipinski definition) is 3. The van der Waals surface area contributed by atoms with Crippen LogP contribution in [-0.4, -0.2) is 11.1 Å². The van der Waals surface area contributed by atoms with Gasteiger partial charge in [-0.1, -0.05) is 30.4 Å². The van der Waals surface area contributed by atoms with E-state index in [-0.39, 0.29) is 15.6 Å². The molecule has 1 aromatic rings. The molecule has 0 heterocycles. The number of nitriles is 1. The van der Waals surface area contributed by atoms with Crippen molar-refractivity contribution in [2.75, 3.05) is 0 Å². The average molecular weight is 279 g/mol. The lowest BCUT2D eigenvalue weighted by Gasteiger charge is -2.07. The van der Waals surface area contributed by atoms with Gasteiger partial charge >= 0.3 is 6.09 Å². The Kier molecular flexibility index (Phi) is 5.17. The summed E-state index contributed by atoms with van der Waals surface area (Å²) >= 11 is 8.56. The predicted molar refractivity (Wildman–Crippen MR) is 74.0 cm³/mol. The number of nitrogens with two attached hydrogens (primary N) is 1. The van der Waals surface area contributed by atoms with E-state index in [1.807, 2.05) is 0 Å². The van der Waals surface area contributed by atoms with E-state index in [1.165, 1.54) is 0 Å². The van der Waals surface area contributed by atoms with E-state index < -0.39 is 6.09 Å². The normalized spacial score (nSPS) is 10.9. The summed E-state index contributed by atoms with van der Waals surface area (Å²) < 4.78 is 4.93. The lowest BCUT2D eigenvalue weighted by atomic mass is 10.3. The largest absolute Gasteiger partial charge is 0.417 e. The van der Waals surface area contributed by atoms with E-state index in [4.69, 9.17) is 15.7 Å². The van der Waals surface area contributed by atoms with Crippen LogP contribution in [0.15, 0.2) is 40.9 Å². The van der Waals surface area contributed by atoms with E-state index in [9.17, 15) is 4.79 Å². The number of amides is 1. The second-order valence-corrected chi connectivity index (χ2v) is 3.91. The molecule has 5 nitrogen and oxygen atoms in total. The van der Waals surface area contributed by atoms with Gasteiger partial charge < -0.3 is 10.5 Å². The minimum Gasteiger partial charge on any atom is -0.410 e. The smallest absolute Gasteiger partial charge is 0.410 e. The minimum atomic E-state index is -0.782. The van der Waals surface area contributed by atoms with Gasteiger partial charge in [0.15, 0.2) is 0 Å². The highest BCUT2D eigenvalue weighted by Gasteiger charge is 2.10. The molecule has 0 fully saturated rings. The van der Waals surface area contributed by atoms with Gasteiger partial charge in [0.25, 0.3) is 0 Å². The topological polar surface area (TPSA) is 88.1 Å². The van der Waals surface area contributed by atoms with Crippen LogP contribution in [0.25, 0.3) is 0 Å². The van der Waals surface area contributed by atoms with E-state index in [2.05, 4.69) is 30.2 Å². The van der Waals surface area contributed by atoms with Crippen LogP contribution in [0, 0.1) is 11.3 Å². The van der Waals surface area contributed by atoms with Crippen molar-refractivity contribution < 1.29 is 9.53 Å². The number of benzene rings is 1. The van der Waals surface area contributed by atoms with Crippen molar-refractivity contribution >= 4 is 35.9 Å². The molecular weight excluding hydrogens is 270 g/mol. The number of nitrogens with one attached hydrogen (secondary N) is 1. The maximum absolute atomic E-state index is 11.5. The molecule has 0 radical (unpaired) electrons. The lowest BCUT2D eigenvalue weighted by Crippen LogP contribution is -2.27. The third kappa shape index (κ3) is 4.08. The first-order valence-corrected chi connectivity index (χ1v) is 5.57. The molecule has 1 aromatic carbocycles. The van der Waals surface area contributed by atoms with Crippen molar-refractivity contribution in [3.05, 3.63) is 40.9 Å². The molecule has 18 heavy (non-hydrogen) atoms. The molecule has 1 amide bonds. The van der Waals surface area contributed by atoms with Crippen molar-refractivity contribution in [2.24, 2.45) is 5.73 Å². The van der Waals surface area contributed by atoms with Crippen LogP contribution in [0.1, 0.15) is 0 Å². The van der Waals surface area contributed by atoms with Crippen molar-refractivity contribution in [1.29, 1.82) is 5.26 Å². The molecule has 0 atom stereocenters. The zero-order valence-corrected chi connectivity index (χ0v) is 10.8. The van der Waals surface area contributed by atoms with Crippen LogP contribution in [0.2, 0.25) is 0 Å². The summed E-state index contributed by atoms with van der Waals surface area (Å²) in [6.07, 6.45) is -0.782. The fraction of sp³-hybridized carbons (Fsp3) is 0. The highest BCUT2D eigenvalue weighted by Crippen LogP contribution is 2.10. The second kappa shape index (κ2) is 6.64. The third-order valence-electron chi connectivity index (χ3n) is 1.77. The Morgan fingerprint density at radius 3 is 2.56 bits per heavy atom. The predicted octanol–water partition coefficient (Wildman–Crippen LogP) is 1.73. The standard InChI is InChI=1S/C11H9N3O2S2/c12-6-8(9(13)17)10(18)14-11(15)16-7-4-2-1-3-5-7/h1-5,18H,(H2,13,17)(H,14,15). The molecule has 0 aliphatic carbocycles. The first kappa shape index (κ1) is 14.0. The molecule has 92 valence electrons. The summed E-state index contributed by atoms with van der Waals surface area (Å²) in [5.41, 5.74) is 5.20. The van der Waals surface area contributed by atoms with Gasteiger partial charge in [0.05, 0.1) is 5.03 Å². The number of para-hydroxylation sites is 1.